The highest BCUT2D eigenvalue weighted by molar-refractivity contribution is 5.94. The SMILES string of the molecule is Cc1ccc(C(=O)N[C@H]2C[C@H]2c2cccc(F)c2)c(=O)[nH]1. The molecule has 1 amide bonds. The lowest BCUT2D eigenvalue weighted by molar-refractivity contribution is 0.0949. The lowest BCUT2D eigenvalue weighted by atomic mass is 10.1. The summed E-state index contributed by atoms with van der Waals surface area (Å²) < 4.78 is 13.2. The van der Waals surface area contributed by atoms with Crippen LogP contribution < -0.4 is 10.9 Å². The fourth-order valence-electron chi connectivity index (χ4n) is 2.46. The van der Waals surface area contributed by atoms with Gasteiger partial charge in [0.15, 0.2) is 0 Å². The Balaban J connectivity index is 1.69. The number of hydrogen-bond acceptors (Lipinski definition) is 2. The van der Waals surface area contributed by atoms with Gasteiger partial charge in [-0.05, 0) is 43.2 Å². The van der Waals surface area contributed by atoms with Gasteiger partial charge in [0.05, 0.1) is 0 Å². The van der Waals surface area contributed by atoms with Gasteiger partial charge in [0.25, 0.3) is 11.5 Å². The van der Waals surface area contributed by atoms with E-state index in [9.17, 15) is 14.0 Å². The first-order valence-electron chi connectivity index (χ1n) is 6.81. The van der Waals surface area contributed by atoms with Gasteiger partial charge in [-0.25, -0.2) is 4.39 Å². The average molecular weight is 286 g/mol. The maximum atomic E-state index is 13.2. The molecule has 1 aromatic heterocycles. The second-order valence-electron chi connectivity index (χ2n) is 5.36. The molecule has 0 aliphatic heterocycles. The van der Waals surface area contributed by atoms with Crippen molar-refractivity contribution in [1.82, 2.24) is 10.3 Å². The maximum absolute atomic E-state index is 13.2. The summed E-state index contributed by atoms with van der Waals surface area (Å²) in [6, 6.07) is 9.54. The van der Waals surface area contributed by atoms with E-state index in [4.69, 9.17) is 0 Å². The lowest BCUT2D eigenvalue weighted by Gasteiger charge is -2.05. The molecule has 21 heavy (non-hydrogen) atoms. The number of amides is 1. The number of hydrogen-bond donors (Lipinski definition) is 2. The Labute approximate surface area is 121 Å². The van der Waals surface area contributed by atoms with Crippen molar-refractivity contribution in [2.75, 3.05) is 0 Å². The van der Waals surface area contributed by atoms with E-state index in [-0.39, 0.29) is 29.2 Å². The normalized spacial score (nSPS) is 20.1. The van der Waals surface area contributed by atoms with E-state index < -0.39 is 5.56 Å². The highest BCUT2D eigenvalue weighted by atomic mass is 19.1. The number of aryl methyl sites for hydroxylation is 1. The molecule has 1 aromatic carbocycles. The Bertz CT molecular complexity index is 754. The van der Waals surface area contributed by atoms with E-state index in [0.29, 0.717) is 5.69 Å². The zero-order valence-corrected chi connectivity index (χ0v) is 11.5. The summed E-state index contributed by atoms with van der Waals surface area (Å²) in [6.45, 7) is 1.75. The molecule has 0 bridgehead atoms. The number of aromatic nitrogens is 1. The molecule has 2 N–H and O–H groups in total. The van der Waals surface area contributed by atoms with Crippen molar-refractivity contribution in [3.05, 3.63) is 69.4 Å². The van der Waals surface area contributed by atoms with Crippen LogP contribution in [-0.2, 0) is 0 Å². The van der Waals surface area contributed by atoms with Crippen molar-refractivity contribution in [2.45, 2.75) is 25.3 Å². The van der Waals surface area contributed by atoms with E-state index in [0.717, 1.165) is 12.0 Å². The number of H-pyrrole nitrogens is 1. The summed E-state index contributed by atoms with van der Waals surface area (Å²) >= 11 is 0. The minimum absolute atomic E-state index is 0.0417. The van der Waals surface area contributed by atoms with Gasteiger partial charge in [-0.3, -0.25) is 9.59 Å². The molecule has 0 unspecified atom stereocenters. The van der Waals surface area contributed by atoms with Gasteiger partial charge in [-0.1, -0.05) is 12.1 Å². The first-order chi connectivity index (χ1) is 10.0. The second-order valence-corrected chi connectivity index (χ2v) is 5.36. The molecule has 3 rings (SSSR count). The van der Waals surface area contributed by atoms with Crippen molar-refractivity contribution in [1.29, 1.82) is 0 Å². The Morgan fingerprint density at radius 1 is 1.33 bits per heavy atom. The Morgan fingerprint density at radius 3 is 2.86 bits per heavy atom. The first-order valence-corrected chi connectivity index (χ1v) is 6.81. The van der Waals surface area contributed by atoms with Crippen molar-refractivity contribution in [3.63, 3.8) is 0 Å². The van der Waals surface area contributed by atoms with Gasteiger partial charge >= 0.3 is 0 Å². The van der Waals surface area contributed by atoms with E-state index in [1.165, 1.54) is 18.2 Å². The first kappa shape index (κ1) is 13.5. The standard InChI is InChI=1S/C16H15FN2O2/c1-9-5-6-12(15(20)18-9)16(21)19-14-8-13(14)10-3-2-4-11(17)7-10/h2-7,13-14H,8H2,1H3,(H,18,20)(H,19,21)/t13-,14-/m0/s1. The predicted molar refractivity (Wildman–Crippen MR) is 76.8 cm³/mol. The molecule has 2 atom stereocenters. The van der Waals surface area contributed by atoms with Crippen LogP contribution in [0.1, 0.15) is 34.0 Å². The number of carbonyl (C=O) groups is 1. The fraction of sp³-hybridized carbons (Fsp3) is 0.250. The summed E-state index contributed by atoms with van der Waals surface area (Å²) in [5.41, 5.74) is 1.29. The summed E-state index contributed by atoms with van der Waals surface area (Å²) in [7, 11) is 0. The van der Waals surface area contributed by atoms with Crippen LogP contribution in [0.25, 0.3) is 0 Å². The zero-order valence-electron chi connectivity index (χ0n) is 11.5. The number of carbonyl (C=O) groups excluding carboxylic acids is 1. The highest BCUT2D eigenvalue weighted by Crippen LogP contribution is 2.40. The van der Waals surface area contributed by atoms with E-state index in [2.05, 4.69) is 10.3 Å². The number of benzene rings is 1. The molecule has 1 heterocycles. The zero-order chi connectivity index (χ0) is 15.0. The number of aromatic amines is 1. The van der Waals surface area contributed by atoms with Gasteiger partial charge in [-0.15, -0.1) is 0 Å². The molecular weight excluding hydrogens is 271 g/mol. The van der Waals surface area contributed by atoms with Gasteiger partial charge < -0.3 is 10.3 Å². The third kappa shape index (κ3) is 2.86. The van der Waals surface area contributed by atoms with Crippen LogP contribution in [0, 0.1) is 12.7 Å². The van der Waals surface area contributed by atoms with Gasteiger partial charge in [-0.2, -0.15) is 0 Å². The third-order valence-corrected chi connectivity index (χ3v) is 3.68. The quantitative estimate of drug-likeness (QED) is 0.907. The minimum Gasteiger partial charge on any atom is -0.348 e. The van der Waals surface area contributed by atoms with Crippen LogP contribution in [0.3, 0.4) is 0 Å². The predicted octanol–water partition coefficient (Wildman–Crippen LogP) is 2.11. The summed E-state index contributed by atoms with van der Waals surface area (Å²) in [5.74, 6) is -0.547. The lowest BCUT2D eigenvalue weighted by Crippen LogP contribution is -2.31. The van der Waals surface area contributed by atoms with E-state index >= 15 is 0 Å². The van der Waals surface area contributed by atoms with Crippen molar-refractivity contribution >= 4 is 5.91 Å². The van der Waals surface area contributed by atoms with Gasteiger partial charge in [0, 0.05) is 17.7 Å². The Kier molecular flexibility index (Phi) is 3.33. The Hall–Kier alpha value is -2.43. The molecule has 108 valence electrons. The van der Waals surface area contributed by atoms with Crippen LogP contribution in [0.5, 0.6) is 0 Å². The maximum Gasteiger partial charge on any atom is 0.260 e. The number of halogens is 1. The molecule has 1 aliphatic carbocycles. The van der Waals surface area contributed by atoms with Crippen LogP contribution in [0.2, 0.25) is 0 Å². The number of pyridine rings is 1. The second kappa shape index (κ2) is 5.16. The van der Waals surface area contributed by atoms with E-state index in [1.807, 2.05) is 6.07 Å². The molecule has 0 radical (unpaired) electrons. The van der Waals surface area contributed by atoms with Crippen molar-refractivity contribution in [3.8, 4) is 0 Å². The van der Waals surface area contributed by atoms with Gasteiger partial charge in [0.2, 0.25) is 0 Å². The Morgan fingerprint density at radius 2 is 2.14 bits per heavy atom. The fourth-order valence-corrected chi connectivity index (χ4v) is 2.46. The van der Waals surface area contributed by atoms with Crippen LogP contribution in [-0.4, -0.2) is 16.9 Å². The third-order valence-electron chi connectivity index (χ3n) is 3.68. The van der Waals surface area contributed by atoms with E-state index in [1.54, 1.807) is 19.1 Å². The summed E-state index contributed by atoms with van der Waals surface area (Å²) in [6.07, 6.45) is 0.763. The molecule has 4 nitrogen and oxygen atoms in total. The summed E-state index contributed by atoms with van der Waals surface area (Å²) in [4.78, 5) is 26.4. The molecule has 0 saturated heterocycles. The van der Waals surface area contributed by atoms with Crippen molar-refractivity contribution in [2.24, 2.45) is 0 Å². The molecule has 1 saturated carbocycles. The van der Waals surface area contributed by atoms with Crippen LogP contribution in [0.15, 0.2) is 41.2 Å². The monoisotopic (exact) mass is 286 g/mol. The van der Waals surface area contributed by atoms with Crippen LogP contribution >= 0.6 is 0 Å². The smallest absolute Gasteiger partial charge is 0.260 e. The topological polar surface area (TPSA) is 62.0 Å². The molecular formula is C16H15FN2O2. The molecule has 0 spiro atoms. The number of rotatable bonds is 3. The number of nitrogens with one attached hydrogen (secondary N) is 2. The molecule has 1 fully saturated rings. The largest absolute Gasteiger partial charge is 0.348 e. The minimum atomic E-state index is -0.393. The molecule has 2 aromatic rings. The van der Waals surface area contributed by atoms with Crippen molar-refractivity contribution < 1.29 is 9.18 Å². The average Bonchev–Trinajstić information content (AvgIpc) is 3.17. The van der Waals surface area contributed by atoms with Gasteiger partial charge in [0.1, 0.15) is 11.4 Å². The summed E-state index contributed by atoms with van der Waals surface area (Å²) in [5, 5.41) is 2.82. The molecule has 5 heteroatoms. The van der Waals surface area contributed by atoms with Crippen LogP contribution in [0.4, 0.5) is 4.39 Å². The highest BCUT2D eigenvalue weighted by Gasteiger charge is 2.39. The molecule has 1 aliphatic rings.